The van der Waals surface area contributed by atoms with Gasteiger partial charge in [-0.25, -0.2) is 0 Å². The Morgan fingerprint density at radius 1 is 1.56 bits per heavy atom. The molecular formula is C12H11N5O. The van der Waals surface area contributed by atoms with Crippen LogP contribution in [-0.4, -0.2) is 16.1 Å². The lowest BCUT2D eigenvalue weighted by atomic mass is 10.1. The van der Waals surface area contributed by atoms with Gasteiger partial charge in [-0.15, -0.1) is 0 Å². The molecule has 6 nitrogen and oxygen atoms in total. The van der Waals surface area contributed by atoms with E-state index in [1.807, 2.05) is 13.0 Å². The number of rotatable bonds is 2. The van der Waals surface area contributed by atoms with E-state index in [2.05, 4.69) is 15.5 Å². The highest BCUT2D eigenvalue weighted by atomic mass is 16.2. The zero-order valence-corrected chi connectivity index (χ0v) is 9.69. The largest absolute Gasteiger partial charge is 0.396 e. The Labute approximate surface area is 103 Å². The Morgan fingerprint density at radius 2 is 2.33 bits per heavy atom. The standard InChI is InChI=1S/C12H11N5O/c1-7-2-3-8(5-13)4-10(7)16-12(18)11-9(14)6-15-17-11/h2-4,6H,14H2,1H3,(H,15,17)(H,16,18). The molecular weight excluding hydrogens is 230 g/mol. The number of amides is 1. The third-order valence-corrected chi connectivity index (χ3v) is 2.51. The van der Waals surface area contributed by atoms with Crippen molar-refractivity contribution in [2.45, 2.75) is 6.92 Å². The van der Waals surface area contributed by atoms with Crippen LogP contribution < -0.4 is 11.1 Å². The minimum absolute atomic E-state index is 0.205. The Morgan fingerprint density at radius 3 is 2.94 bits per heavy atom. The summed E-state index contributed by atoms with van der Waals surface area (Å²) in [5.74, 6) is -0.386. The van der Waals surface area contributed by atoms with E-state index in [0.717, 1.165) is 5.56 Å². The quantitative estimate of drug-likeness (QED) is 0.738. The van der Waals surface area contributed by atoms with Crippen molar-refractivity contribution in [2.75, 3.05) is 11.1 Å². The van der Waals surface area contributed by atoms with E-state index in [1.54, 1.807) is 18.2 Å². The number of anilines is 2. The van der Waals surface area contributed by atoms with Crippen LogP contribution in [0.1, 0.15) is 21.6 Å². The van der Waals surface area contributed by atoms with Gasteiger partial charge < -0.3 is 11.1 Å². The number of carbonyl (C=O) groups excluding carboxylic acids is 1. The Kier molecular flexibility index (Phi) is 2.98. The maximum Gasteiger partial charge on any atom is 0.275 e. The molecule has 0 aliphatic carbocycles. The first-order chi connectivity index (χ1) is 8.61. The Balaban J connectivity index is 2.27. The summed E-state index contributed by atoms with van der Waals surface area (Å²) in [6.07, 6.45) is 1.37. The Bertz CT molecular complexity index is 638. The monoisotopic (exact) mass is 241 g/mol. The molecule has 0 radical (unpaired) electrons. The average molecular weight is 241 g/mol. The second-order valence-corrected chi connectivity index (χ2v) is 3.80. The van der Waals surface area contributed by atoms with Crippen molar-refractivity contribution in [3.63, 3.8) is 0 Å². The van der Waals surface area contributed by atoms with Crippen LogP contribution in [-0.2, 0) is 0 Å². The summed E-state index contributed by atoms with van der Waals surface area (Å²) in [4.78, 5) is 11.9. The SMILES string of the molecule is Cc1ccc(C#N)cc1NC(=O)c1[nH]ncc1N. The number of benzene rings is 1. The molecule has 90 valence electrons. The highest BCUT2D eigenvalue weighted by Crippen LogP contribution is 2.18. The van der Waals surface area contributed by atoms with Gasteiger partial charge in [0, 0.05) is 5.69 Å². The molecule has 4 N–H and O–H groups in total. The van der Waals surface area contributed by atoms with Crippen LogP contribution in [0, 0.1) is 18.3 Å². The van der Waals surface area contributed by atoms with Crippen LogP contribution >= 0.6 is 0 Å². The first-order valence-electron chi connectivity index (χ1n) is 5.22. The number of hydrogen-bond acceptors (Lipinski definition) is 4. The van der Waals surface area contributed by atoms with Crippen LogP contribution in [0.3, 0.4) is 0 Å². The lowest BCUT2D eigenvalue weighted by Gasteiger charge is -2.07. The minimum atomic E-state index is -0.386. The van der Waals surface area contributed by atoms with Gasteiger partial charge in [0.2, 0.25) is 0 Å². The first-order valence-corrected chi connectivity index (χ1v) is 5.22. The number of nitrogens with one attached hydrogen (secondary N) is 2. The van der Waals surface area contributed by atoms with Crippen LogP contribution in [0.15, 0.2) is 24.4 Å². The van der Waals surface area contributed by atoms with Crippen molar-refractivity contribution < 1.29 is 4.79 Å². The average Bonchev–Trinajstić information content (AvgIpc) is 2.78. The molecule has 1 aromatic heterocycles. The van der Waals surface area contributed by atoms with Crippen LogP contribution in [0.25, 0.3) is 0 Å². The molecule has 0 saturated carbocycles. The van der Waals surface area contributed by atoms with E-state index in [0.29, 0.717) is 11.3 Å². The molecule has 6 heteroatoms. The number of aromatic amines is 1. The lowest BCUT2D eigenvalue weighted by molar-refractivity contribution is 0.102. The number of hydrogen-bond donors (Lipinski definition) is 3. The Hall–Kier alpha value is -2.81. The van der Waals surface area contributed by atoms with Crippen molar-refractivity contribution in [3.05, 3.63) is 41.2 Å². The van der Waals surface area contributed by atoms with Gasteiger partial charge in [-0.05, 0) is 24.6 Å². The summed E-state index contributed by atoms with van der Waals surface area (Å²) >= 11 is 0. The highest BCUT2D eigenvalue weighted by Gasteiger charge is 2.13. The third-order valence-electron chi connectivity index (χ3n) is 2.51. The molecule has 0 aliphatic rings. The second kappa shape index (κ2) is 4.59. The van der Waals surface area contributed by atoms with Gasteiger partial charge in [-0.3, -0.25) is 9.89 Å². The van der Waals surface area contributed by atoms with E-state index in [1.165, 1.54) is 6.20 Å². The van der Waals surface area contributed by atoms with Crippen molar-refractivity contribution in [1.82, 2.24) is 10.2 Å². The summed E-state index contributed by atoms with van der Waals surface area (Å²) in [5.41, 5.74) is 7.99. The summed E-state index contributed by atoms with van der Waals surface area (Å²) < 4.78 is 0. The molecule has 0 aliphatic heterocycles. The van der Waals surface area contributed by atoms with Crippen LogP contribution in [0.5, 0.6) is 0 Å². The zero-order chi connectivity index (χ0) is 13.1. The molecule has 1 heterocycles. The smallest absolute Gasteiger partial charge is 0.275 e. The predicted octanol–water partition coefficient (Wildman–Crippen LogP) is 1.42. The fourth-order valence-electron chi connectivity index (χ4n) is 1.49. The number of nitrogens with zero attached hydrogens (tertiary/aromatic N) is 2. The molecule has 1 aromatic carbocycles. The molecule has 0 spiro atoms. The first kappa shape index (κ1) is 11.7. The van der Waals surface area contributed by atoms with E-state index < -0.39 is 0 Å². The normalized spacial score (nSPS) is 9.78. The van der Waals surface area contributed by atoms with Crippen molar-refractivity contribution >= 4 is 17.3 Å². The molecule has 0 fully saturated rings. The summed E-state index contributed by atoms with van der Waals surface area (Å²) in [5, 5.41) is 17.7. The number of aryl methyl sites for hydroxylation is 1. The predicted molar refractivity (Wildman–Crippen MR) is 66.8 cm³/mol. The van der Waals surface area contributed by atoms with Crippen molar-refractivity contribution in [2.24, 2.45) is 0 Å². The zero-order valence-electron chi connectivity index (χ0n) is 9.69. The molecule has 2 rings (SSSR count). The van der Waals surface area contributed by atoms with Crippen molar-refractivity contribution in [3.8, 4) is 6.07 Å². The lowest BCUT2D eigenvalue weighted by Crippen LogP contribution is -2.15. The van der Waals surface area contributed by atoms with Crippen LogP contribution in [0.4, 0.5) is 11.4 Å². The molecule has 2 aromatic rings. The maximum absolute atomic E-state index is 11.9. The number of aromatic nitrogens is 2. The van der Waals surface area contributed by atoms with E-state index >= 15 is 0 Å². The number of H-pyrrole nitrogens is 1. The van der Waals surface area contributed by atoms with E-state index in [9.17, 15) is 4.79 Å². The molecule has 18 heavy (non-hydrogen) atoms. The fraction of sp³-hybridized carbons (Fsp3) is 0.0833. The third kappa shape index (κ3) is 2.15. The van der Waals surface area contributed by atoms with Gasteiger partial charge in [-0.1, -0.05) is 6.07 Å². The molecule has 0 unspecified atom stereocenters. The van der Waals surface area contributed by atoms with E-state index in [4.69, 9.17) is 11.0 Å². The number of nitrogen functional groups attached to an aromatic ring is 1. The van der Waals surface area contributed by atoms with Gasteiger partial charge in [0.25, 0.3) is 5.91 Å². The fourth-order valence-corrected chi connectivity index (χ4v) is 1.49. The number of nitrogens with two attached hydrogens (primary N) is 1. The number of carbonyl (C=O) groups is 1. The number of nitriles is 1. The summed E-state index contributed by atoms with van der Waals surface area (Å²) in [6.45, 7) is 1.84. The summed E-state index contributed by atoms with van der Waals surface area (Å²) in [7, 11) is 0. The highest BCUT2D eigenvalue weighted by molar-refractivity contribution is 6.06. The van der Waals surface area contributed by atoms with Crippen molar-refractivity contribution in [1.29, 1.82) is 5.26 Å². The molecule has 0 bridgehead atoms. The topological polar surface area (TPSA) is 108 Å². The van der Waals surface area contributed by atoms with Gasteiger partial charge in [0.1, 0.15) is 5.69 Å². The minimum Gasteiger partial charge on any atom is -0.396 e. The van der Waals surface area contributed by atoms with Gasteiger partial charge in [0.15, 0.2) is 0 Å². The molecule has 0 saturated heterocycles. The maximum atomic E-state index is 11.9. The summed E-state index contributed by atoms with van der Waals surface area (Å²) in [6, 6.07) is 7.09. The second-order valence-electron chi connectivity index (χ2n) is 3.80. The van der Waals surface area contributed by atoms with Gasteiger partial charge >= 0.3 is 0 Å². The van der Waals surface area contributed by atoms with Gasteiger partial charge in [0.05, 0.1) is 23.5 Å². The van der Waals surface area contributed by atoms with Crippen LogP contribution in [0.2, 0.25) is 0 Å². The van der Waals surface area contributed by atoms with E-state index in [-0.39, 0.29) is 17.3 Å². The molecule has 1 amide bonds. The molecule has 0 atom stereocenters. The van der Waals surface area contributed by atoms with Gasteiger partial charge in [-0.2, -0.15) is 10.4 Å².